The van der Waals surface area contributed by atoms with Crippen LogP contribution < -0.4 is 16.8 Å². The molecule has 182 valence electrons. The van der Waals surface area contributed by atoms with Crippen LogP contribution in [0.25, 0.3) is 0 Å². The highest BCUT2D eigenvalue weighted by atomic mass is 32.1. The maximum absolute atomic E-state index is 14.0. The van der Waals surface area contributed by atoms with E-state index in [4.69, 9.17) is 11.5 Å². The predicted molar refractivity (Wildman–Crippen MR) is 132 cm³/mol. The maximum atomic E-state index is 14.0. The van der Waals surface area contributed by atoms with Gasteiger partial charge in [-0.1, -0.05) is 61.9 Å². The molecule has 2 aromatic rings. The topological polar surface area (TPSA) is 131 Å². The molecule has 2 aliphatic rings. The highest BCUT2D eigenvalue weighted by molar-refractivity contribution is 7.09. The minimum Gasteiger partial charge on any atom is -0.395 e. The summed E-state index contributed by atoms with van der Waals surface area (Å²) in [5.74, 6) is -1.32. The lowest BCUT2D eigenvalue weighted by molar-refractivity contribution is -0.127. The van der Waals surface area contributed by atoms with Gasteiger partial charge >= 0.3 is 0 Å². The molecule has 9 heteroatoms. The van der Waals surface area contributed by atoms with Crippen molar-refractivity contribution < 1.29 is 14.4 Å². The highest BCUT2D eigenvalue weighted by Gasteiger charge is 2.40. The molecule has 0 spiro atoms. The van der Waals surface area contributed by atoms with Gasteiger partial charge in [0, 0.05) is 12.1 Å². The van der Waals surface area contributed by atoms with E-state index in [1.54, 1.807) is 4.90 Å². The zero-order valence-corrected chi connectivity index (χ0v) is 20.4. The van der Waals surface area contributed by atoms with Gasteiger partial charge in [-0.25, -0.2) is 0 Å². The first-order valence-corrected chi connectivity index (χ1v) is 12.9. The van der Waals surface area contributed by atoms with Gasteiger partial charge in [0.1, 0.15) is 10.9 Å². The summed E-state index contributed by atoms with van der Waals surface area (Å²) in [4.78, 5) is 41.4. The molecule has 2 saturated carbocycles. The van der Waals surface area contributed by atoms with Crippen LogP contribution in [0.15, 0.2) is 24.3 Å². The first-order chi connectivity index (χ1) is 16.4. The Morgan fingerprint density at radius 3 is 2.24 bits per heavy atom. The fourth-order valence-electron chi connectivity index (χ4n) is 5.14. The number of nitrogens with zero attached hydrogens (tertiary/aromatic N) is 2. The van der Waals surface area contributed by atoms with E-state index in [1.807, 2.05) is 31.2 Å². The fourth-order valence-corrected chi connectivity index (χ4v) is 5.89. The van der Waals surface area contributed by atoms with E-state index in [0.29, 0.717) is 0 Å². The number of aryl methyl sites for hydroxylation is 1. The Balaban J connectivity index is 1.77. The molecule has 1 aromatic heterocycles. The lowest BCUT2D eigenvalue weighted by Gasteiger charge is -2.39. The smallest absolute Gasteiger partial charge is 0.270 e. The summed E-state index contributed by atoms with van der Waals surface area (Å²) in [6, 6.07) is 6.97. The van der Waals surface area contributed by atoms with Crippen LogP contribution in [0.1, 0.15) is 95.1 Å². The van der Waals surface area contributed by atoms with Crippen molar-refractivity contribution in [1.82, 2.24) is 14.6 Å². The zero-order chi connectivity index (χ0) is 24.2. The largest absolute Gasteiger partial charge is 0.395 e. The Labute approximate surface area is 204 Å². The van der Waals surface area contributed by atoms with Crippen LogP contribution >= 0.6 is 11.5 Å². The number of rotatable bonds is 7. The summed E-state index contributed by atoms with van der Waals surface area (Å²) in [6.07, 6.45) is 8.81. The second-order valence-corrected chi connectivity index (χ2v) is 10.2. The second-order valence-electron chi connectivity index (χ2n) is 9.45. The number of nitrogens with one attached hydrogen (secondary N) is 1. The van der Waals surface area contributed by atoms with Crippen molar-refractivity contribution >= 4 is 34.9 Å². The number of nitrogen functional groups attached to an aromatic ring is 1. The van der Waals surface area contributed by atoms with Crippen molar-refractivity contribution in [2.45, 2.75) is 82.8 Å². The van der Waals surface area contributed by atoms with Crippen LogP contribution in [0.3, 0.4) is 0 Å². The third-order valence-electron chi connectivity index (χ3n) is 6.98. The number of benzene rings is 1. The minimum atomic E-state index is -0.796. The van der Waals surface area contributed by atoms with E-state index in [9.17, 15) is 14.4 Å². The van der Waals surface area contributed by atoms with Gasteiger partial charge < -0.3 is 21.7 Å². The molecule has 2 fully saturated rings. The first-order valence-electron chi connectivity index (χ1n) is 12.1. The zero-order valence-electron chi connectivity index (χ0n) is 19.6. The van der Waals surface area contributed by atoms with Gasteiger partial charge in [-0.05, 0) is 49.7 Å². The number of carbonyl (C=O) groups excluding carboxylic acids is 3. The third-order valence-corrected chi connectivity index (χ3v) is 7.83. The van der Waals surface area contributed by atoms with Crippen molar-refractivity contribution in [2.75, 3.05) is 5.73 Å². The number of carbonyl (C=O) groups is 3. The molecule has 34 heavy (non-hydrogen) atoms. The molecule has 1 atom stereocenters. The van der Waals surface area contributed by atoms with E-state index >= 15 is 0 Å². The Hall–Kier alpha value is -2.94. The molecule has 0 saturated heterocycles. The molecule has 1 aromatic carbocycles. The Morgan fingerprint density at radius 2 is 1.65 bits per heavy atom. The molecular formula is C25H33N5O3S. The second kappa shape index (κ2) is 10.5. The predicted octanol–water partition coefficient (Wildman–Crippen LogP) is 3.71. The molecule has 0 aliphatic heterocycles. The van der Waals surface area contributed by atoms with Gasteiger partial charge in [-0.3, -0.25) is 14.4 Å². The van der Waals surface area contributed by atoms with Crippen LogP contribution in [-0.2, 0) is 4.79 Å². The molecule has 8 nitrogen and oxygen atoms in total. The van der Waals surface area contributed by atoms with Crippen molar-refractivity contribution in [1.29, 1.82) is 0 Å². The number of aromatic nitrogens is 1. The van der Waals surface area contributed by atoms with Crippen LogP contribution in [-0.4, -0.2) is 39.1 Å². The Bertz CT molecular complexity index is 1040. The lowest BCUT2D eigenvalue weighted by atomic mass is 9.91. The lowest BCUT2D eigenvalue weighted by Crippen LogP contribution is -2.50. The number of hydrogen-bond acceptors (Lipinski definition) is 6. The summed E-state index contributed by atoms with van der Waals surface area (Å²) in [7, 11) is 0. The molecule has 0 bridgehead atoms. The number of amides is 3. The first kappa shape index (κ1) is 24.2. The van der Waals surface area contributed by atoms with Gasteiger partial charge in [-0.15, -0.1) is 0 Å². The molecule has 5 N–H and O–H groups in total. The summed E-state index contributed by atoms with van der Waals surface area (Å²) in [5, 5.41) is 3.21. The van der Waals surface area contributed by atoms with Gasteiger partial charge in [0.25, 0.3) is 11.8 Å². The molecule has 0 radical (unpaired) electrons. The molecular weight excluding hydrogens is 450 g/mol. The van der Waals surface area contributed by atoms with Gasteiger partial charge in [0.2, 0.25) is 5.91 Å². The molecule has 2 aliphatic carbocycles. The Kier molecular flexibility index (Phi) is 7.50. The normalized spacial score (nSPS) is 17.9. The van der Waals surface area contributed by atoms with E-state index in [-0.39, 0.29) is 40.2 Å². The third kappa shape index (κ3) is 5.09. The molecule has 1 unspecified atom stereocenters. The number of anilines is 1. The maximum Gasteiger partial charge on any atom is 0.270 e. The Morgan fingerprint density at radius 1 is 1.03 bits per heavy atom. The summed E-state index contributed by atoms with van der Waals surface area (Å²) < 4.78 is 4.03. The number of nitrogens with two attached hydrogens (primary N) is 2. The minimum absolute atomic E-state index is 0.0119. The van der Waals surface area contributed by atoms with Crippen molar-refractivity contribution in [3.63, 3.8) is 0 Å². The number of primary amides is 1. The average Bonchev–Trinajstić information content (AvgIpc) is 3.48. The van der Waals surface area contributed by atoms with Crippen molar-refractivity contribution in [2.24, 2.45) is 5.73 Å². The quantitative estimate of drug-likeness (QED) is 0.552. The molecule has 1 heterocycles. The van der Waals surface area contributed by atoms with Gasteiger partial charge in [0.15, 0.2) is 5.69 Å². The molecule has 4 rings (SSSR count). The fraction of sp³-hybridized carbons (Fsp3) is 0.520. The monoisotopic (exact) mass is 483 g/mol. The molecule has 3 amide bonds. The van der Waals surface area contributed by atoms with E-state index in [1.165, 1.54) is 0 Å². The van der Waals surface area contributed by atoms with E-state index in [2.05, 4.69) is 9.69 Å². The highest BCUT2D eigenvalue weighted by Crippen LogP contribution is 2.35. The summed E-state index contributed by atoms with van der Waals surface area (Å²) in [5.41, 5.74) is 13.3. The van der Waals surface area contributed by atoms with Crippen LogP contribution in [0, 0.1) is 6.92 Å². The summed E-state index contributed by atoms with van der Waals surface area (Å²) in [6.45, 7) is 1.99. The van der Waals surface area contributed by atoms with Gasteiger partial charge in [0.05, 0.1) is 5.69 Å². The standard InChI is InChI=1S/C25H33N5O3S/c1-15-11-13-16(14-12-15)21(24(32)28-17-7-5-6-8-17)30(18-9-3-2-4-10-18)25(33)22-19(26)20(23(27)31)29-34-22/h11-14,17-18,21H,2-10,26H2,1H3,(H2,27,31)(H,28,32). The van der Waals surface area contributed by atoms with Crippen LogP contribution in [0.4, 0.5) is 5.69 Å². The van der Waals surface area contributed by atoms with Gasteiger partial charge in [-0.2, -0.15) is 4.37 Å². The van der Waals surface area contributed by atoms with Crippen LogP contribution in [0.5, 0.6) is 0 Å². The van der Waals surface area contributed by atoms with Crippen LogP contribution in [0.2, 0.25) is 0 Å². The SMILES string of the molecule is Cc1ccc(C(C(=O)NC2CCCC2)N(C(=O)c2snc(C(N)=O)c2N)C2CCCCC2)cc1. The van der Waals surface area contributed by atoms with E-state index < -0.39 is 11.9 Å². The van der Waals surface area contributed by atoms with Crippen molar-refractivity contribution in [3.05, 3.63) is 46.0 Å². The van der Waals surface area contributed by atoms with Crippen molar-refractivity contribution in [3.8, 4) is 0 Å². The number of hydrogen-bond donors (Lipinski definition) is 3. The average molecular weight is 484 g/mol. The van der Waals surface area contributed by atoms with E-state index in [0.717, 1.165) is 80.4 Å². The summed E-state index contributed by atoms with van der Waals surface area (Å²) >= 11 is 0.866.